The second kappa shape index (κ2) is 4.24. The minimum atomic E-state index is 0.209. The highest BCUT2D eigenvalue weighted by molar-refractivity contribution is 6.22. The summed E-state index contributed by atoms with van der Waals surface area (Å²) in [7, 11) is 0. The van der Waals surface area contributed by atoms with Crippen LogP contribution in [0.15, 0.2) is 36.4 Å². The Morgan fingerprint density at radius 1 is 1.00 bits per heavy atom. The van der Waals surface area contributed by atoms with Crippen LogP contribution in [0.5, 0.6) is 0 Å². The predicted molar refractivity (Wildman–Crippen MR) is 81.6 cm³/mol. The number of benzene rings is 2. The zero-order valence-corrected chi connectivity index (χ0v) is 12.0. The molecule has 0 radical (unpaired) electrons. The third-order valence-corrected chi connectivity index (χ3v) is 5.81. The van der Waals surface area contributed by atoms with E-state index >= 15 is 0 Å². The Kier molecular flexibility index (Phi) is 2.63. The second-order valence-electron chi connectivity index (χ2n) is 6.25. The van der Waals surface area contributed by atoms with Crippen LogP contribution in [-0.4, -0.2) is 0 Å². The standard InChI is InChI=1S/C18H19Cl/c1-11-9-10-16(13-6-3-2-5-12(11)13)18(19)17-14-7-4-8-15(14)17/h2-3,5-6,9-10,14-15,17-18H,4,7-8H2,1H3. The van der Waals surface area contributed by atoms with E-state index in [2.05, 4.69) is 43.3 Å². The summed E-state index contributed by atoms with van der Waals surface area (Å²) in [6, 6.07) is 13.2. The lowest BCUT2D eigenvalue weighted by Crippen LogP contribution is -2.00. The van der Waals surface area contributed by atoms with E-state index < -0.39 is 0 Å². The number of rotatable bonds is 2. The van der Waals surface area contributed by atoms with E-state index in [1.54, 1.807) is 0 Å². The van der Waals surface area contributed by atoms with Gasteiger partial charge in [0, 0.05) is 0 Å². The van der Waals surface area contributed by atoms with Gasteiger partial charge in [-0.25, -0.2) is 0 Å². The first kappa shape index (κ1) is 11.8. The molecule has 3 atom stereocenters. The quantitative estimate of drug-likeness (QED) is 0.635. The molecule has 2 aliphatic carbocycles. The van der Waals surface area contributed by atoms with Crippen LogP contribution in [-0.2, 0) is 0 Å². The maximum Gasteiger partial charge on any atom is 0.0624 e. The summed E-state index contributed by atoms with van der Waals surface area (Å²) in [5.41, 5.74) is 2.70. The zero-order valence-electron chi connectivity index (χ0n) is 11.3. The number of halogens is 1. The largest absolute Gasteiger partial charge is 0.117 e. The highest BCUT2D eigenvalue weighted by atomic mass is 35.5. The highest BCUT2D eigenvalue weighted by Crippen LogP contribution is 2.64. The summed E-state index contributed by atoms with van der Waals surface area (Å²) in [6.45, 7) is 2.18. The molecule has 0 heterocycles. The molecule has 2 aliphatic rings. The average Bonchev–Trinajstić information content (AvgIpc) is 2.92. The van der Waals surface area contributed by atoms with Gasteiger partial charge in [0.15, 0.2) is 0 Å². The molecule has 0 N–H and O–H groups in total. The lowest BCUT2D eigenvalue weighted by Gasteiger charge is -2.16. The van der Waals surface area contributed by atoms with Crippen molar-refractivity contribution in [2.24, 2.45) is 17.8 Å². The van der Waals surface area contributed by atoms with Gasteiger partial charge in [0.1, 0.15) is 0 Å². The fourth-order valence-electron chi connectivity index (χ4n) is 4.23. The molecule has 19 heavy (non-hydrogen) atoms. The minimum Gasteiger partial charge on any atom is -0.117 e. The van der Waals surface area contributed by atoms with E-state index in [-0.39, 0.29) is 5.38 Å². The van der Waals surface area contributed by atoms with Crippen LogP contribution in [0.3, 0.4) is 0 Å². The molecule has 0 amide bonds. The average molecular weight is 271 g/mol. The van der Waals surface area contributed by atoms with Crippen molar-refractivity contribution in [1.29, 1.82) is 0 Å². The van der Waals surface area contributed by atoms with Gasteiger partial charge >= 0.3 is 0 Å². The van der Waals surface area contributed by atoms with E-state index in [9.17, 15) is 0 Å². The molecule has 0 aliphatic heterocycles. The lowest BCUT2D eigenvalue weighted by molar-refractivity contribution is 0.575. The first-order valence-corrected chi connectivity index (χ1v) is 7.83. The molecule has 98 valence electrons. The van der Waals surface area contributed by atoms with Gasteiger partial charge < -0.3 is 0 Å². The van der Waals surface area contributed by atoms with Crippen molar-refractivity contribution < 1.29 is 0 Å². The van der Waals surface area contributed by atoms with Crippen molar-refractivity contribution in [2.45, 2.75) is 31.6 Å². The molecule has 2 aromatic rings. The van der Waals surface area contributed by atoms with Crippen molar-refractivity contribution in [3.63, 3.8) is 0 Å². The monoisotopic (exact) mass is 270 g/mol. The van der Waals surface area contributed by atoms with E-state index in [0.29, 0.717) is 0 Å². The third-order valence-electron chi connectivity index (χ3n) is 5.28. The van der Waals surface area contributed by atoms with Gasteiger partial charge in [0.25, 0.3) is 0 Å². The maximum atomic E-state index is 6.84. The summed E-state index contributed by atoms with van der Waals surface area (Å²) >= 11 is 6.84. The Morgan fingerprint density at radius 3 is 2.42 bits per heavy atom. The highest BCUT2D eigenvalue weighted by Gasteiger charge is 2.55. The van der Waals surface area contributed by atoms with Crippen molar-refractivity contribution in [2.75, 3.05) is 0 Å². The van der Waals surface area contributed by atoms with Crippen LogP contribution in [0.2, 0.25) is 0 Å². The van der Waals surface area contributed by atoms with Crippen molar-refractivity contribution in [1.82, 2.24) is 0 Å². The molecule has 2 aromatic carbocycles. The van der Waals surface area contributed by atoms with Gasteiger partial charge in [0.2, 0.25) is 0 Å². The normalized spacial score (nSPS) is 30.3. The van der Waals surface area contributed by atoms with E-state index in [1.807, 2.05) is 0 Å². The first-order chi connectivity index (χ1) is 9.27. The topological polar surface area (TPSA) is 0 Å². The van der Waals surface area contributed by atoms with E-state index in [0.717, 1.165) is 17.8 Å². The SMILES string of the molecule is Cc1ccc(C(Cl)C2C3CCCC32)c2ccccc12. The molecular formula is C18H19Cl. The third kappa shape index (κ3) is 1.73. The Hall–Kier alpha value is -1.01. The Morgan fingerprint density at radius 2 is 1.68 bits per heavy atom. The Labute approximate surface area is 119 Å². The van der Waals surface area contributed by atoms with Gasteiger partial charge in [-0.3, -0.25) is 0 Å². The number of alkyl halides is 1. The summed E-state index contributed by atoms with van der Waals surface area (Å²) in [4.78, 5) is 0. The van der Waals surface area contributed by atoms with E-state index in [1.165, 1.54) is 41.2 Å². The summed E-state index contributed by atoms with van der Waals surface area (Å²) in [6.07, 6.45) is 4.23. The van der Waals surface area contributed by atoms with Crippen molar-refractivity contribution in [3.8, 4) is 0 Å². The van der Waals surface area contributed by atoms with E-state index in [4.69, 9.17) is 11.6 Å². The Bertz CT molecular complexity index is 621. The molecule has 0 saturated heterocycles. The fraction of sp³-hybridized carbons (Fsp3) is 0.444. The predicted octanol–water partition coefficient (Wildman–Crippen LogP) is 5.47. The second-order valence-corrected chi connectivity index (χ2v) is 6.73. The maximum absolute atomic E-state index is 6.84. The zero-order chi connectivity index (χ0) is 13.0. The number of hydrogen-bond donors (Lipinski definition) is 0. The minimum absolute atomic E-state index is 0.209. The molecule has 0 bridgehead atoms. The summed E-state index contributed by atoms with van der Waals surface area (Å²) < 4.78 is 0. The number of hydrogen-bond acceptors (Lipinski definition) is 0. The van der Waals surface area contributed by atoms with Crippen LogP contribution in [0.4, 0.5) is 0 Å². The van der Waals surface area contributed by atoms with Crippen molar-refractivity contribution >= 4 is 22.4 Å². The van der Waals surface area contributed by atoms with Crippen LogP contribution in [0, 0.1) is 24.7 Å². The molecule has 3 unspecified atom stereocenters. The smallest absolute Gasteiger partial charge is 0.0624 e. The summed E-state index contributed by atoms with van der Waals surface area (Å²) in [5.74, 6) is 2.58. The molecule has 2 saturated carbocycles. The molecule has 2 fully saturated rings. The molecular weight excluding hydrogens is 252 g/mol. The first-order valence-electron chi connectivity index (χ1n) is 7.39. The Balaban J connectivity index is 1.77. The summed E-state index contributed by atoms with van der Waals surface area (Å²) in [5, 5.41) is 2.92. The van der Waals surface area contributed by atoms with Crippen LogP contribution in [0.1, 0.15) is 35.8 Å². The van der Waals surface area contributed by atoms with Crippen LogP contribution >= 0.6 is 11.6 Å². The number of aryl methyl sites for hydroxylation is 1. The molecule has 1 heteroatoms. The van der Waals surface area contributed by atoms with Gasteiger partial charge in [0.05, 0.1) is 5.38 Å². The van der Waals surface area contributed by atoms with Crippen LogP contribution in [0.25, 0.3) is 10.8 Å². The van der Waals surface area contributed by atoms with Gasteiger partial charge in [-0.1, -0.05) is 42.8 Å². The van der Waals surface area contributed by atoms with Gasteiger partial charge in [-0.15, -0.1) is 11.6 Å². The molecule has 0 nitrogen and oxygen atoms in total. The number of fused-ring (bicyclic) bond motifs is 2. The van der Waals surface area contributed by atoms with Gasteiger partial charge in [-0.05, 0) is 59.4 Å². The lowest BCUT2D eigenvalue weighted by atomic mass is 9.95. The molecule has 4 rings (SSSR count). The molecule has 0 spiro atoms. The van der Waals surface area contributed by atoms with Crippen molar-refractivity contribution in [3.05, 3.63) is 47.5 Å². The fourth-order valence-corrected chi connectivity index (χ4v) is 4.80. The molecule has 0 aromatic heterocycles. The van der Waals surface area contributed by atoms with Crippen LogP contribution < -0.4 is 0 Å². The van der Waals surface area contributed by atoms with Gasteiger partial charge in [-0.2, -0.15) is 0 Å².